The molecule has 2 unspecified atom stereocenters. The molecule has 0 aromatic heterocycles. The average molecular weight is 509 g/mol. The van der Waals surface area contributed by atoms with Crippen LogP contribution in [0.4, 0.5) is 0 Å². The zero-order chi connectivity index (χ0) is 26.2. The molecule has 0 spiro atoms. The predicted molar refractivity (Wildman–Crippen MR) is 142 cm³/mol. The monoisotopic (exact) mass is 508 g/mol. The fourth-order valence-corrected chi connectivity index (χ4v) is 4.01. The number of benzene rings is 4. The van der Waals surface area contributed by atoms with Gasteiger partial charge in [0.15, 0.2) is 23.4 Å². The molecule has 6 nitrogen and oxygen atoms in total. The number of esters is 1. The molecule has 1 heterocycles. The summed E-state index contributed by atoms with van der Waals surface area (Å²) in [6, 6.07) is 36.2. The largest absolute Gasteiger partial charge is 0.485 e. The number of carbonyl (C=O) groups excluding carboxylic acids is 1. The van der Waals surface area contributed by atoms with E-state index in [0.717, 1.165) is 11.1 Å². The first-order valence-electron chi connectivity index (χ1n) is 12.4. The van der Waals surface area contributed by atoms with Crippen LogP contribution in [0.5, 0.6) is 17.2 Å². The van der Waals surface area contributed by atoms with Gasteiger partial charge in [-0.1, -0.05) is 91.0 Å². The van der Waals surface area contributed by atoms with E-state index in [0.29, 0.717) is 23.0 Å². The van der Waals surface area contributed by atoms with Crippen molar-refractivity contribution < 1.29 is 28.5 Å². The third-order valence-corrected chi connectivity index (χ3v) is 5.92. The van der Waals surface area contributed by atoms with Crippen LogP contribution in [-0.2, 0) is 32.2 Å². The second-order valence-corrected chi connectivity index (χ2v) is 8.75. The fraction of sp³-hybridized carbons (Fsp3) is 0.156. The molecule has 2 atom stereocenters. The molecule has 0 bridgehead atoms. The molecule has 1 aliphatic rings. The van der Waals surface area contributed by atoms with Crippen molar-refractivity contribution in [2.45, 2.75) is 32.3 Å². The highest BCUT2D eigenvalue weighted by Gasteiger charge is 2.42. The standard InChI is InChI=1S/C32H28O6/c1-23(36-27-19-11-12-20-28(27)37-26-17-9-4-10-18-26)29-30(34-21-24-13-5-2-6-14-24)31(32(33)38-29)35-22-25-15-7-3-8-16-25/h2-20,23,29H,21-22H2,1H3. The van der Waals surface area contributed by atoms with Crippen molar-refractivity contribution in [1.82, 2.24) is 0 Å². The van der Waals surface area contributed by atoms with E-state index in [9.17, 15) is 4.79 Å². The maximum absolute atomic E-state index is 12.9. The van der Waals surface area contributed by atoms with E-state index in [-0.39, 0.29) is 19.0 Å². The Morgan fingerprint density at radius 1 is 0.684 bits per heavy atom. The Hall–Kier alpha value is -4.71. The summed E-state index contributed by atoms with van der Waals surface area (Å²) in [4.78, 5) is 12.9. The zero-order valence-corrected chi connectivity index (χ0v) is 21.0. The van der Waals surface area contributed by atoms with Gasteiger partial charge in [-0.3, -0.25) is 0 Å². The molecule has 0 saturated heterocycles. The van der Waals surface area contributed by atoms with Gasteiger partial charge in [0.2, 0.25) is 5.76 Å². The maximum Gasteiger partial charge on any atom is 0.378 e. The summed E-state index contributed by atoms with van der Waals surface area (Å²) in [6.45, 7) is 2.28. The van der Waals surface area contributed by atoms with Crippen LogP contribution in [0.1, 0.15) is 18.1 Å². The lowest BCUT2D eigenvalue weighted by atomic mass is 10.1. The molecular weight excluding hydrogens is 480 g/mol. The number of hydrogen-bond acceptors (Lipinski definition) is 6. The van der Waals surface area contributed by atoms with E-state index in [1.165, 1.54) is 0 Å². The lowest BCUT2D eigenvalue weighted by Crippen LogP contribution is -2.32. The van der Waals surface area contributed by atoms with Crippen molar-refractivity contribution in [3.05, 3.63) is 138 Å². The first-order chi connectivity index (χ1) is 18.7. The Morgan fingerprint density at radius 3 is 1.84 bits per heavy atom. The Balaban J connectivity index is 1.37. The smallest absolute Gasteiger partial charge is 0.378 e. The molecule has 0 fully saturated rings. The summed E-state index contributed by atoms with van der Waals surface area (Å²) >= 11 is 0. The Bertz CT molecular complexity index is 1370. The molecule has 4 aromatic carbocycles. The first kappa shape index (κ1) is 25.0. The molecule has 0 N–H and O–H groups in total. The first-order valence-corrected chi connectivity index (χ1v) is 12.4. The summed E-state index contributed by atoms with van der Waals surface area (Å²) in [7, 11) is 0. The predicted octanol–water partition coefficient (Wildman–Crippen LogP) is 6.82. The third kappa shape index (κ3) is 6.16. The molecule has 0 amide bonds. The van der Waals surface area contributed by atoms with Crippen molar-refractivity contribution in [3.63, 3.8) is 0 Å². The van der Waals surface area contributed by atoms with Gasteiger partial charge in [-0.25, -0.2) is 4.79 Å². The highest BCUT2D eigenvalue weighted by Crippen LogP contribution is 2.35. The van der Waals surface area contributed by atoms with Gasteiger partial charge >= 0.3 is 5.97 Å². The summed E-state index contributed by atoms with van der Waals surface area (Å²) in [5, 5.41) is 0. The molecule has 0 radical (unpaired) electrons. The minimum Gasteiger partial charge on any atom is -0.485 e. The lowest BCUT2D eigenvalue weighted by Gasteiger charge is -2.23. The van der Waals surface area contributed by atoms with Crippen LogP contribution in [0.3, 0.4) is 0 Å². The number of hydrogen-bond donors (Lipinski definition) is 0. The van der Waals surface area contributed by atoms with Gasteiger partial charge in [-0.15, -0.1) is 0 Å². The summed E-state index contributed by atoms with van der Waals surface area (Å²) in [5.41, 5.74) is 1.88. The van der Waals surface area contributed by atoms with E-state index >= 15 is 0 Å². The number of carbonyl (C=O) groups is 1. The molecule has 192 valence electrons. The van der Waals surface area contributed by atoms with Gasteiger partial charge in [0.1, 0.15) is 25.1 Å². The van der Waals surface area contributed by atoms with Crippen LogP contribution in [0.25, 0.3) is 0 Å². The fourth-order valence-electron chi connectivity index (χ4n) is 4.01. The molecule has 4 aromatic rings. The van der Waals surface area contributed by atoms with Gasteiger partial charge in [0, 0.05) is 0 Å². The Morgan fingerprint density at radius 2 is 1.21 bits per heavy atom. The third-order valence-electron chi connectivity index (χ3n) is 5.92. The number of ether oxygens (including phenoxy) is 5. The minimum absolute atomic E-state index is 0.0547. The Kier molecular flexibility index (Phi) is 7.89. The molecule has 0 saturated carbocycles. The number of rotatable bonds is 11. The van der Waals surface area contributed by atoms with Crippen molar-refractivity contribution in [2.75, 3.05) is 0 Å². The highest BCUT2D eigenvalue weighted by atomic mass is 16.6. The maximum atomic E-state index is 12.9. The van der Waals surface area contributed by atoms with Crippen molar-refractivity contribution in [1.29, 1.82) is 0 Å². The van der Waals surface area contributed by atoms with Crippen LogP contribution in [-0.4, -0.2) is 18.2 Å². The van der Waals surface area contributed by atoms with E-state index in [1.54, 1.807) is 0 Å². The summed E-state index contributed by atoms with van der Waals surface area (Å²) in [5.74, 6) is 1.53. The second kappa shape index (κ2) is 12.0. The van der Waals surface area contributed by atoms with Crippen LogP contribution < -0.4 is 9.47 Å². The average Bonchev–Trinajstić information content (AvgIpc) is 3.28. The topological polar surface area (TPSA) is 63.2 Å². The Labute approximate surface area is 222 Å². The van der Waals surface area contributed by atoms with Gasteiger partial charge in [-0.2, -0.15) is 0 Å². The molecule has 5 rings (SSSR count). The minimum atomic E-state index is -0.804. The normalized spacial score (nSPS) is 15.5. The van der Waals surface area contributed by atoms with Gasteiger partial charge < -0.3 is 23.7 Å². The van der Waals surface area contributed by atoms with Crippen molar-refractivity contribution in [3.8, 4) is 17.2 Å². The molecule has 1 aliphatic heterocycles. The second-order valence-electron chi connectivity index (χ2n) is 8.75. The molecule has 38 heavy (non-hydrogen) atoms. The number of para-hydroxylation sites is 3. The quantitative estimate of drug-likeness (QED) is 0.207. The number of cyclic esters (lactones) is 1. The van der Waals surface area contributed by atoms with Crippen molar-refractivity contribution in [2.24, 2.45) is 0 Å². The molecule has 0 aliphatic carbocycles. The van der Waals surface area contributed by atoms with Gasteiger partial charge in [0.05, 0.1) is 0 Å². The van der Waals surface area contributed by atoms with Crippen LogP contribution in [0.2, 0.25) is 0 Å². The van der Waals surface area contributed by atoms with Crippen LogP contribution >= 0.6 is 0 Å². The van der Waals surface area contributed by atoms with Crippen LogP contribution in [0.15, 0.2) is 127 Å². The zero-order valence-electron chi connectivity index (χ0n) is 21.0. The summed E-state index contributed by atoms with van der Waals surface area (Å²) < 4.78 is 30.1. The van der Waals surface area contributed by atoms with E-state index in [4.69, 9.17) is 23.7 Å². The summed E-state index contributed by atoms with van der Waals surface area (Å²) in [6.07, 6.45) is -1.40. The van der Waals surface area contributed by atoms with E-state index in [2.05, 4.69) is 0 Å². The lowest BCUT2D eigenvalue weighted by molar-refractivity contribution is -0.146. The highest BCUT2D eigenvalue weighted by molar-refractivity contribution is 5.89. The van der Waals surface area contributed by atoms with E-state index < -0.39 is 18.2 Å². The molecule has 6 heteroatoms. The van der Waals surface area contributed by atoms with Gasteiger partial charge in [-0.05, 0) is 42.3 Å². The van der Waals surface area contributed by atoms with Crippen molar-refractivity contribution >= 4 is 5.97 Å². The SMILES string of the molecule is CC(Oc1ccccc1Oc1ccccc1)C1OC(=O)C(OCc2ccccc2)=C1OCc1ccccc1. The molecular formula is C32H28O6. The van der Waals surface area contributed by atoms with Crippen LogP contribution in [0, 0.1) is 0 Å². The van der Waals surface area contributed by atoms with Gasteiger partial charge in [0.25, 0.3) is 0 Å². The van der Waals surface area contributed by atoms with E-state index in [1.807, 2.05) is 122 Å².